The van der Waals surface area contributed by atoms with Gasteiger partial charge in [0.25, 0.3) is 15.9 Å². The van der Waals surface area contributed by atoms with Crippen LogP contribution in [-0.4, -0.2) is 98.1 Å². The standard InChI is InChI=1S/C25H26ClN5O5S/c1-29-10-9-27-23(29)16-3-5-17(6-4-16)24(32)31-12-11-30(15-21(31)25(33)36-2)37(34,35)22-14-18-13-19(26)7-8-20(18)28-22/h3-8,13-14,21,28H,9-12,15H2,1-2H3. The molecule has 194 valence electrons. The molecule has 1 amide bonds. The number of hydrogen-bond donors (Lipinski definition) is 1. The third-order valence-corrected chi connectivity index (χ3v) is 8.72. The van der Waals surface area contributed by atoms with E-state index in [0.717, 1.165) is 24.5 Å². The van der Waals surface area contributed by atoms with Crippen molar-refractivity contribution in [3.8, 4) is 0 Å². The molecular weight excluding hydrogens is 518 g/mol. The first-order valence-electron chi connectivity index (χ1n) is 11.7. The fourth-order valence-corrected chi connectivity index (χ4v) is 6.32. The van der Waals surface area contributed by atoms with Crippen molar-refractivity contribution in [2.45, 2.75) is 11.1 Å². The van der Waals surface area contributed by atoms with Gasteiger partial charge in [0.15, 0.2) is 0 Å². The molecule has 1 saturated heterocycles. The van der Waals surface area contributed by atoms with E-state index in [0.29, 0.717) is 21.5 Å². The zero-order valence-electron chi connectivity index (χ0n) is 20.3. The third kappa shape index (κ3) is 4.70. The minimum Gasteiger partial charge on any atom is -0.467 e. The number of amidine groups is 1. The van der Waals surface area contributed by atoms with Crippen LogP contribution in [-0.2, 0) is 19.6 Å². The molecular formula is C25H26ClN5O5S. The molecule has 2 aliphatic heterocycles. The average molecular weight is 544 g/mol. The summed E-state index contributed by atoms with van der Waals surface area (Å²) in [4.78, 5) is 36.9. The average Bonchev–Trinajstić information content (AvgIpc) is 3.53. The molecule has 0 spiro atoms. The lowest BCUT2D eigenvalue weighted by molar-refractivity contribution is -0.147. The molecule has 0 aliphatic carbocycles. The summed E-state index contributed by atoms with van der Waals surface area (Å²) in [7, 11) is -0.796. The van der Waals surface area contributed by atoms with Gasteiger partial charge in [-0.15, -0.1) is 0 Å². The van der Waals surface area contributed by atoms with Crippen LogP contribution in [0.1, 0.15) is 15.9 Å². The highest BCUT2D eigenvalue weighted by molar-refractivity contribution is 7.89. The summed E-state index contributed by atoms with van der Waals surface area (Å²) in [6.45, 7) is 1.40. The number of fused-ring (bicyclic) bond motifs is 1. The summed E-state index contributed by atoms with van der Waals surface area (Å²) >= 11 is 6.03. The van der Waals surface area contributed by atoms with Gasteiger partial charge in [-0.2, -0.15) is 4.31 Å². The third-order valence-electron chi connectivity index (χ3n) is 6.70. The van der Waals surface area contributed by atoms with Crippen molar-refractivity contribution in [3.05, 3.63) is 64.7 Å². The first-order valence-corrected chi connectivity index (χ1v) is 13.5. The molecule has 1 atom stereocenters. The maximum Gasteiger partial charge on any atom is 0.329 e. The molecule has 1 fully saturated rings. The van der Waals surface area contributed by atoms with Gasteiger partial charge in [-0.1, -0.05) is 23.7 Å². The second kappa shape index (κ2) is 9.81. The highest BCUT2D eigenvalue weighted by Gasteiger charge is 2.41. The maximum atomic E-state index is 13.4. The molecule has 3 heterocycles. The number of hydrogen-bond acceptors (Lipinski definition) is 7. The van der Waals surface area contributed by atoms with E-state index in [1.807, 2.05) is 24.1 Å². The van der Waals surface area contributed by atoms with Gasteiger partial charge in [0, 0.05) is 60.3 Å². The topological polar surface area (TPSA) is 115 Å². The van der Waals surface area contributed by atoms with Crippen molar-refractivity contribution in [2.24, 2.45) is 4.99 Å². The van der Waals surface area contributed by atoms with Crippen LogP contribution in [0, 0.1) is 0 Å². The number of benzene rings is 2. The quantitative estimate of drug-likeness (QED) is 0.493. The van der Waals surface area contributed by atoms with Gasteiger partial charge >= 0.3 is 5.97 Å². The Labute approximate surface area is 219 Å². The lowest BCUT2D eigenvalue weighted by Crippen LogP contribution is -2.59. The predicted octanol–water partition coefficient (Wildman–Crippen LogP) is 2.20. The van der Waals surface area contributed by atoms with Gasteiger partial charge in [0.1, 0.15) is 16.9 Å². The van der Waals surface area contributed by atoms with Gasteiger partial charge in [-0.05, 0) is 36.4 Å². The summed E-state index contributed by atoms with van der Waals surface area (Å²) < 4.78 is 33.0. The van der Waals surface area contributed by atoms with Gasteiger partial charge in [-0.25, -0.2) is 13.2 Å². The van der Waals surface area contributed by atoms with Crippen LogP contribution in [0.3, 0.4) is 0 Å². The van der Waals surface area contributed by atoms with Crippen LogP contribution in [0.5, 0.6) is 0 Å². The number of carbonyl (C=O) groups is 2. The van der Waals surface area contributed by atoms with Gasteiger partial charge in [-0.3, -0.25) is 9.79 Å². The number of esters is 1. The Hall–Kier alpha value is -3.41. The first kappa shape index (κ1) is 25.2. The zero-order valence-corrected chi connectivity index (χ0v) is 21.9. The zero-order chi connectivity index (χ0) is 26.3. The summed E-state index contributed by atoms with van der Waals surface area (Å²) in [5, 5.41) is 1.13. The van der Waals surface area contributed by atoms with Crippen molar-refractivity contribution in [1.82, 2.24) is 19.1 Å². The van der Waals surface area contributed by atoms with Crippen LogP contribution in [0.25, 0.3) is 10.9 Å². The first-order chi connectivity index (χ1) is 17.7. The molecule has 1 aromatic heterocycles. The van der Waals surface area contributed by atoms with Gasteiger partial charge in [0.05, 0.1) is 13.7 Å². The number of nitrogens with zero attached hydrogens (tertiary/aromatic N) is 4. The van der Waals surface area contributed by atoms with E-state index in [2.05, 4.69) is 9.98 Å². The Morgan fingerprint density at radius 1 is 1.08 bits per heavy atom. The normalized spacial score (nSPS) is 18.8. The number of piperazine rings is 1. The molecule has 2 aromatic carbocycles. The van der Waals surface area contributed by atoms with Gasteiger partial charge < -0.3 is 19.5 Å². The van der Waals surface area contributed by atoms with Crippen LogP contribution < -0.4 is 0 Å². The number of likely N-dealkylation sites (N-methyl/N-ethyl adjacent to an activating group) is 1. The van der Waals surface area contributed by atoms with E-state index in [9.17, 15) is 18.0 Å². The Balaban J connectivity index is 1.37. The maximum absolute atomic E-state index is 13.4. The lowest BCUT2D eigenvalue weighted by atomic mass is 10.1. The minimum atomic E-state index is -3.97. The fourth-order valence-electron chi connectivity index (χ4n) is 4.68. The number of nitrogens with one attached hydrogen (secondary N) is 1. The number of rotatable bonds is 5. The fraction of sp³-hybridized carbons (Fsp3) is 0.320. The Morgan fingerprint density at radius 2 is 1.84 bits per heavy atom. The molecule has 5 rings (SSSR count). The van der Waals surface area contributed by atoms with E-state index < -0.39 is 22.0 Å². The SMILES string of the molecule is COC(=O)C1CN(S(=O)(=O)c2cc3cc(Cl)ccc3[nH]2)CCN1C(=O)c1ccc(C2=NCCN2C)cc1. The Kier molecular flexibility index (Phi) is 6.69. The van der Waals surface area contributed by atoms with E-state index in [1.54, 1.807) is 30.3 Å². The monoisotopic (exact) mass is 543 g/mol. The molecule has 1 N–H and O–H groups in total. The number of H-pyrrole nitrogens is 1. The summed E-state index contributed by atoms with van der Waals surface area (Å²) in [5.41, 5.74) is 1.92. The number of amides is 1. The number of aliphatic imine (C=N–C) groups is 1. The largest absolute Gasteiger partial charge is 0.467 e. The van der Waals surface area contributed by atoms with E-state index in [-0.39, 0.29) is 30.6 Å². The molecule has 3 aromatic rings. The van der Waals surface area contributed by atoms with Crippen LogP contribution in [0.15, 0.2) is 58.5 Å². The molecule has 1 unspecified atom stereocenters. The highest BCUT2D eigenvalue weighted by atomic mass is 35.5. The summed E-state index contributed by atoms with van der Waals surface area (Å²) in [5.74, 6) is -0.194. The van der Waals surface area contributed by atoms with Crippen molar-refractivity contribution in [3.63, 3.8) is 0 Å². The summed E-state index contributed by atoms with van der Waals surface area (Å²) in [6, 6.07) is 12.5. The van der Waals surface area contributed by atoms with Gasteiger partial charge in [0.2, 0.25) is 0 Å². The number of aromatic amines is 1. The lowest BCUT2D eigenvalue weighted by Gasteiger charge is -2.39. The molecule has 0 saturated carbocycles. The second-order valence-corrected chi connectivity index (χ2v) is 11.3. The van der Waals surface area contributed by atoms with Crippen LogP contribution >= 0.6 is 11.6 Å². The molecule has 12 heteroatoms. The second-order valence-electron chi connectivity index (χ2n) is 8.97. The van der Waals surface area contributed by atoms with Crippen LogP contribution in [0.4, 0.5) is 0 Å². The Bertz CT molecular complexity index is 1500. The summed E-state index contributed by atoms with van der Waals surface area (Å²) in [6.07, 6.45) is 0. The van der Waals surface area contributed by atoms with Crippen molar-refractivity contribution < 1.29 is 22.7 Å². The number of halogens is 1. The number of aromatic nitrogens is 1. The molecule has 2 aliphatic rings. The van der Waals surface area contributed by atoms with Crippen LogP contribution in [0.2, 0.25) is 5.02 Å². The predicted molar refractivity (Wildman–Crippen MR) is 139 cm³/mol. The smallest absolute Gasteiger partial charge is 0.329 e. The van der Waals surface area contributed by atoms with E-state index in [4.69, 9.17) is 16.3 Å². The highest BCUT2D eigenvalue weighted by Crippen LogP contribution is 2.26. The minimum absolute atomic E-state index is 0.0106. The number of carbonyl (C=O) groups excluding carboxylic acids is 2. The molecule has 0 bridgehead atoms. The van der Waals surface area contributed by atoms with Crippen molar-refractivity contribution in [2.75, 3.05) is 46.9 Å². The van der Waals surface area contributed by atoms with Crippen molar-refractivity contribution in [1.29, 1.82) is 0 Å². The number of ether oxygens (including phenoxy) is 1. The molecule has 10 nitrogen and oxygen atoms in total. The van der Waals surface area contributed by atoms with E-state index >= 15 is 0 Å². The molecule has 0 radical (unpaired) electrons. The number of sulfonamides is 1. The van der Waals surface area contributed by atoms with E-state index in [1.165, 1.54) is 22.4 Å². The Morgan fingerprint density at radius 3 is 2.51 bits per heavy atom. The number of methoxy groups -OCH3 is 1. The molecule has 37 heavy (non-hydrogen) atoms. The van der Waals surface area contributed by atoms with Crippen molar-refractivity contribution >= 4 is 50.2 Å².